The molecule has 0 aliphatic carbocycles. The van der Waals surface area contributed by atoms with Gasteiger partial charge in [0.2, 0.25) is 0 Å². The first-order chi connectivity index (χ1) is 8.06. The molecule has 0 fully saturated rings. The lowest BCUT2D eigenvalue weighted by Gasteiger charge is -2.07. The first kappa shape index (κ1) is 14.2. The summed E-state index contributed by atoms with van der Waals surface area (Å²) in [6, 6.07) is 0.213. The van der Waals surface area contributed by atoms with Crippen LogP contribution in [-0.4, -0.2) is 15.8 Å². The van der Waals surface area contributed by atoms with E-state index in [0.29, 0.717) is 0 Å². The van der Waals surface area contributed by atoms with Crippen LogP contribution in [0.4, 0.5) is 0 Å². The molecule has 0 aromatic carbocycles. The maximum atomic E-state index is 5.87. The molecule has 3 nitrogen and oxygen atoms in total. The molecule has 1 atom stereocenters. The van der Waals surface area contributed by atoms with Crippen LogP contribution in [0.3, 0.4) is 0 Å². The van der Waals surface area contributed by atoms with E-state index in [1.54, 1.807) is 0 Å². The molecule has 98 valence electrons. The summed E-state index contributed by atoms with van der Waals surface area (Å²) in [5, 5.41) is 4.62. The predicted molar refractivity (Wildman–Crippen MR) is 73.2 cm³/mol. The van der Waals surface area contributed by atoms with Gasteiger partial charge < -0.3 is 5.73 Å². The van der Waals surface area contributed by atoms with E-state index in [1.807, 2.05) is 0 Å². The highest BCUT2D eigenvalue weighted by Gasteiger charge is 2.12. The van der Waals surface area contributed by atoms with Crippen molar-refractivity contribution in [2.24, 2.45) is 5.73 Å². The van der Waals surface area contributed by atoms with Crippen molar-refractivity contribution in [2.45, 2.75) is 72.4 Å². The van der Waals surface area contributed by atoms with Gasteiger partial charge in [-0.2, -0.15) is 5.10 Å². The molecule has 0 saturated heterocycles. The van der Waals surface area contributed by atoms with E-state index in [2.05, 4.69) is 37.5 Å². The molecule has 0 aliphatic rings. The molecule has 0 bridgehead atoms. The molecular weight excluding hydrogens is 210 g/mol. The van der Waals surface area contributed by atoms with Gasteiger partial charge in [0.1, 0.15) is 0 Å². The summed E-state index contributed by atoms with van der Waals surface area (Å²) in [6.45, 7) is 9.60. The molecule has 0 saturated carbocycles. The van der Waals surface area contributed by atoms with Gasteiger partial charge in [0, 0.05) is 18.3 Å². The summed E-state index contributed by atoms with van der Waals surface area (Å²) >= 11 is 0. The van der Waals surface area contributed by atoms with Crippen LogP contribution in [0.1, 0.15) is 56.5 Å². The average Bonchev–Trinajstić information content (AvgIpc) is 2.52. The van der Waals surface area contributed by atoms with Crippen molar-refractivity contribution in [3.8, 4) is 0 Å². The van der Waals surface area contributed by atoms with E-state index in [1.165, 1.54) is 36.9 Å². The minimum atomic E-state index is 0.213. The fraction of sp³-hybridized carbons (Fsp3) is 0.786. The molecule has 1 rings (SSSR count). The van der Waals surface area contributed by atoms with Crippen LogP contribution in [0.15, 0.2) is 0 Å². The predicted octanol–water partition coefficient (Wildman–Crippen LogP) is 2.97. The Bertz CT molecular complexity index is 339. The zero-order valence-corrected chi connectivity index (χ0v) is 11.8. The third-order valence-electron chi connectivity index (χ3n) is 3.28. The van der Waals surface area contributed by atoms with Crippen LogP contribution in [0.25, 0.3) is 0 Å². The number of nitrogens with zero attached hydrogens (tertiary/aromatic N) is 2. The highest BCUT2D eigenvalue weighted by Crippen LogP contribution is 2.15. The van der Waals surface area contributed by atoms with E-state index in [9.17, 15) is 0 Å². The Morgan fingerprint density at radius 3 is 2.53 bits per heavy atom. The van der Waals surface area contributed by atoms with Crippen molar-refractivity contribution < 1.29 is 0 Å². The Labute approximate surface area is 105 Å². The van der Waals surface area contributed by atoms with Crippen LogP contribution < -0.4 is 5.73 Å². The standard InChI is InChI=1S/C14H27N3/c1-5-6-7-8-9-17-13(4)14(10-11(2)15)12(3)16-17/h11H,5-10,15H2,1-4H3. The number of aromatic nitrogens is 2. The Morgan fingerprint density at radius 2 is 1.94 bits per heavy atom. The van der Waals surface area contributed by atoms with Crippen molar-refractivity contribution in [3.05, 3.63) is 17.0 Å². The van der Waals surface area contributed by atoms with Gasteiger partial charge in [0.15, 0.2) is 0 Å². The minimum Gasteiger partial charge on any atom is -0.328 e. The molecule has 0 spiro atoms. The second kappa shape index (κ2) is 6.80. The summed E-state index contributed by atoms with van der Waals surface area (Å²) < 4.78 is 2.16. The Kier molecular flexibility index (Phi) is 5.69. The molecule has 1 unspecified atom stereocenters. The first-order valence-electron chi connectivity index (χ1n) is 6.84. The summed E-state index contributed by atoms with van der Waals surface area (Å²) in [6.07, 6.45) is 6.08. The number of unbranched alkanes of at least 4 members (excludes halogenated alkanes) is 3. The van der Waals surface area contributed by atoms with Crippen LogP contribution in [0, 0.1) is 13.8 Å². The smallest absolute Gasteiger partial charge is 0.0629 e. The van der Waals surface area contributed by atoms with Crippen LogP contribution in [0.5, 0.6) is 0 Å². The van der Waals surface area contributed by atoms with E-state index < -0.39 is 0 Å². The zero-order chi connectivity index (χ0) is 12.8. The lowest BCUT2D eigenvalue weighted by molar-refractivity contribution is 0.529. The lowest BCUT2D eigenvalue weighted by atomic mass is 10.1. The van der Waals surface area contributed by atoms with Crippen molar-refractivity contribution in [1.82, 2.24) is 9.78 Å². The third kappa shape index (κ3) is 4.15. The molecule has 1 heterocycles. The summed E-state index contributed by atoms with van der Waals surface area (Å²) in [5.41, 5.74) is 9.67. The largest absolute Gasteiger partial charge is 0.328 e. The van der Waals surface area contributed by atoms with Crippen molar-refractivity contribution in [1.29, 1.82) is 0 Å². The van der Waals surface area contributed by atoms with Gasteiger partial charge in [0.25, 0.3) is 0 Å². The minimum absolute atomic E-state index is 0.213. The normalized spacial score (nSPS) is 13.0. The van der Waals surface area contributed by atoms with Crippen molar-refractivity contribution >= 4 is 0 Å². The Hall–Kier alpha value is -0.830. The fourth-order valence-electron chi connectivity index (χ4n) is 2.26. The van der Waals surface area contributed by atoms with Crippen molar-refractivity contribution in [2.75, 3.05) is 0 Å². The molecular formula is C14H27N3. The molecule has 0 radical (unpaired) electrons. The van der Waals surface area contributed by atoms with E-state index in [-0.39, 0.29) is 6.04 Å². The van der Waals surface area contributed by atoms with Gasteiger partial charge in [-0.25, -0.2) is 0 Å². The highest BCUT2D eigenvalue weighted by atomic mass is 15.3. The van der Waals surface area contributed by atoms with Gasteiger partial charge in [-0.3, -0.25) is 4.68 Å². The molecule has 0 aliphatic heterocycles. The van der Waals surface area contributed by atoms with Gasteiger partial charge >= 0.3 is 0 Å². The molecule has 1 aromatic rings. The topological polar surface area (TPSA) is 43.8 Å². The monoisotopic (exact) mass is 237 g/mol. The zero-order valence-electron chi connectivity index (χ0n) is 11.8. The second-order valence-electron chi connectivity index (χ2n) is 5.11. The van der Waals surface area contributed by atoms with Crippen LogP contribution in [-0.2, 0) is 13.0 Å². The first-order valence-corrected chi connectivity index (χ1v) is 6.84. The fourth-order valence-corrected chi connectivity index (χ4v) is 2.26. The summed E-state index contributed by atoms with van der Waals surface area (Å²) in [7, 11) is 0. The summed E-state index contributed by atoms with van der Waals surface area (Å²) in [5.74, 6) is 0. The molecule has 0 amide bonds. The number of nitrogens with two attached hydrogens (primary N) is 1. The number of hydrogen-bond acceptors (Lipinski definition) is 2. The van der Waals surface area contributed by atoms with Gasteiger partial charge in [-0.05, 0) is 39.2 Å². The average molecular weight is 237 g/mol. The third-order valence-corrected chi connectivity index (χ3v) is 3.28. The van der Waals surface area contributed by atoms with Crippen molar-refractivity contribution in [3.63, 3.8) is 0 Å². The molecule has 3 heteroatoms. The summed E-state index contributed by atoms with van der Waals surface area (Å²) in [4.78, 5) is 0. The quantitative estimate of drug-likeness (QED) is 0.741. The SMILES string of the molecule is CCCCCCn1nc(C)c(CC(C)N)c1C. The maximum absolute atomic E-state index is 5.87. The number of aryl methyl sites for hydroxylation is 2. The van der Waals surface area contributed by atoms with E-state index in [4.69, 9.17) is 5.73 Å². The van der Waals surface area contributed by atoms with Crippen LogP contribution >= 0.6 is 0 Å². The molecule has 1 aromatic heterocycles. The van der Waals surface area contributed by atoms with Gasteiger partial charge in [-0.15, -0.1) is 0 Å². The number of hydrogen-bond donors (Lipinski definition) is 1. The number of rotatable bonds is 7. The highest BCUT2D eigenvalue weighted by molar-refractivity contribution is 5.25. The van der Waals surface area contributed by atoms with Gasteiger partial charge in [-0.1, -0.05) is 26.2 Å². The van der Waals surface area contributed by atoms with Gasteiger partial charge in [0.05, 0.1) is 5.69 Å². The van der Waals surface area contributed by atoms with E-state index in [0.717, 1.165) is 18.7 Å². The van der Waals surface area contributed by atoms with E-state index >= 15 is 0 Å². The lowest BCUT2D eigenvalue weighted by Crippen LogP contribution is -2.18. The molecule has 2 N–H and O–H groups in total. The Balaban J connectivity index is 2.61. The molecule has 17 heavy (non-hydrogen) atoms. The Morgan fingerprint density at radius 1 is 1.24 bits per heavy atom. The maximum Gasteiger partial charge on any atom is 0.0629 e. The van der Waals surface area contributed by atoms with Crippen LogP contribution in [0.2, 0.25) is 0 Å². The second-order valence-corrected chi connectivity index (χ2v) is 5.11.